The fourth-order valence-electron chi connectivity index (χ4n) is 2.60. The van der Waals surface area contributed by atoms with Gasteiger partial charge in [0.25, 0.3) is 11.1 Å². The highest BCUT2D eigenvalue weighted by atomic mass is 32.1. The topological polar surface area (TPSA) is 68.2 Å². The second-order valence-corrected chi connectivity index (χ2v) is 6.66. The van der Waals surface area contributed by atoms with Crippen LogP contribution in [0.2, 0.25) is 0 Å². The number of rotatable bonds is 3. The molecule has 26 heavy (non-hydrogen) atoms. The van der Waals surface area contributed by atoms with Crippen LogP contribution >= 0.6 is 11.3 Å². The largest absolute Gasteiger partial charge is 0.463 e. The first kappa shape index (κ1) is 16.7. The minimum atomic E-state index is -4.47. The Morgan fingerprint density at radius 2 is 2.08 bits per heavy atom. The molecule has 4 rings (SSSR count). The smallest absolute Gasteiger partial charge is 0.418 e. The molecule has 0 spiro atoms. The van der Waals surface area contributed by atoms with Crippen molar-refractivity contribution in [3.8, 4) is 5.19 Å². The van der Waals surface area contributed by atoms with E-state index in [1.165, 1.54) is 29.6 Å². The molecule has 1 saturated heterocycles. The van der Waals surface area contributed by atoms with Crippen LogP contribution in [0.5, 0.6) is 5.19 Å². The molecule has 1 aliphatic heterocycles. The first-order valence-corrected chi connectivity index (χ1v) is 8.42. The number of benzene rings is 1. The molecule has 1 fully saturated rings. The third-order valence-electron chi connectivity index (χ3n) is 3.89. The molecule has 134 valence electrons. The summed E-state index contributed by atoms with van der Waals surface area (Å²) in [5.74, 6) is -0.262. The molecule has 0 N–H and O–H groups in total. The molecule has 3 aromatic rings. The quantitative estimate of drug-likeness (QED) is 0.699. The van der Waals surface area contributed by atoms with Crippen molar-refractivity contribution in [2.24, 2.45) is 0 Å². The van der Waals surface area contributed by atoms with E-state index >= 15 is 0 Å². The van der Waals surface area contributed by atoms with Gasteiger partial charge in [-0.3, -0.25) is 9.78 Å². The first-order valence-electron chi connectivity index (χ1n) is 7.60. The van der Waals surface area contributed by atoms with Gasteiger partial charge in [-0.1, -0.05) is 17.4 Å². The zero-order valence-electron chi connectivity index (χ0n) is 13.1. The van der Waals surface area contributed by atoms with Gasteiger partial charge in [0, 0.05) is 12.4 Å². The number of thiazole rings is 1. The van der Waals surface area contributed by atoms with Crippen LogP contribution in [0.4, 0.5) is 13.2 Å². The van der Waals surface area contributed by atoms with Crippen molar-refractivity contribution >= 4 is 27.5 Å². The van der Waals surface area contributed by atoms with Crippen molar-refractivity contribution in [3.63, 3.8) is 0 Å². The molecular formula is C16H11F3N4O2S. The van der Waals surface area contributed by atoms with E-state index in [9.17, 15) is 18.0 Å². The van der Waals surface area contributed by atoms with E-state index in [2.05, 4.69) is 15.0 Å². The van der Waals surface area contributed by atoms with Crippen molar-refractivity contribution < 1.29 is 22.7 Å². The van der Waals surface area contributed by atoms with Crippen LogP contribution in [0.3, 0.4) is 0 Å². The predicted molar refractivity (Wildman–Crippen MR) is 87.0 cm³/mol. The Kier molecular flexibility index (Phi) is 3.98. The van der Waals surface area contributed by atoms with Crippen LogP contribution in [-0.4, -0.2) is 45.0 Å². The summed E-state index contributed by atoms with van der Waals surface area (Å²) in [6.45, 7) is 0.634. The summed E-state index contributed by atoms with van der Waals surface area (Å²) >= 11 is 1.05. The highest BCUT2D eigenvalue weighted by molar-refractivity contribution is 7.20. The van der Waals surface area contributed by atoms with Crippen molar-refractivity contribution in [1.29, 1.82) is 0 Å². The minimum Gasteiger partial charge on any atom is -0.463 e. The lowest BCUT2D eigenvalue weighted by Crippen LogP contribution is -2.56. The number of ether oxygens (including phenoxy) is 1. The fourth-order valence-corrected chi connectivity index (χ4v) is 3.51. The monoisotopic (exact) mass is 380 g/mol. The maximum absolute atomic E-state index is 13.0. The summed E-state index contributed by atoms with van der Waals surface area (Å²) in [6, 6.07) is 3.91. The van der Waals surface area contributed by atoms with Crippen LogP contribution in [0.1, 0.15) is 16.1 Å². The molecule has 1 amide bonds. The van der Waals surface area contributed by atoms with Crippen LogP contribution in [0.25, 0.3) is 10.2 Å². The minimum absolute atomic E-state index is 0.119. The maximum atomic E-state index is 13.0. The van der Waals surface area contributed by atoms with E-state index in [0.717, 1.165) is 17.4 Å². The normalized spacial score (nSPS) is 15.1. The summed E-state index contributed by atoms with van der Waals surface area (Å²) < 4.78 is 45.1. The van der Waals surface area contributed by atoms with Gasteiger partial charge < -0.3 is 9.64 Å². The number of para-hydroxylation sites is 1. The number of carbonyl (C=O) groups is 1. The van der Waals surface area contributed by atoms with Gasteiger partial charge in [-0.2, -0.15) is 13.2 Å². The lowest BCUT2D eigenvalue weighted by atomic mass is 10.1. The van der Waals surface area contributed by atoms with Crippen LogP contribution in [0.15, 0.2) is 36.8 Å². The maximum Gasteiger partial charge on any atom is 0.418 e. The molecule has 1 aromatic carbocycles. The lowest BCUT2D eigenvalue weighted by molar-refractivity contribution is -0.136. The van der Waals surface area contributed by atoms with Gasteiger partial charge in [0.15, 0.2) is 0 Å². The van der Waals surface area contributed by atoms with Gasteiger partial charge in [-0.05, 0) is 12.1 Å². The number of nitrogens with zero attached hydrogens (tertiary/aromatic N) is 4. The number of amides is 1. The average Bonchev–Trinajstić information content (AvgIpc) is 2.99. The number of fused-ring (bicyclic) bond motifs is 1. The predicted octanol–water partition coefficient (Wildman–Crippen LogP) is 3.01. The van der Waals surface area contributed by atoms with E-state index in [-0.39, 0.29) is 28.4 Å². The molecule has 0 radical (unpaired) electrons. The van der Waals surface area contributed by atoms with Crippen molar-refractivity contribution in [2.75, 3.05) is 13.1 Å². The molecule has 3 heterocycles. The lowest BCUT2D eigenvalue weighted by Gasteiger charge is -2.37. The van der Waals surface area contributed by atoms with Crippen molar-refractivity contribution in [3.05, 3.63) is 48.0 Å². The van der Waals surface area contributed by atoms with Crippen LogP contribution < -0.4 is 4.74 Å². The number of aromatic nitrogens is 3. The van der Waals surface area contributed by atoms with Gasteiger partial charge in [-0.25, -0.2) is 9.97 Å². The van der Waals surface area contributed by atoms with Crippen molar-refractivity contribution in [1.82, 2.24) is 19.9 Å². The molecule has 1 aliphatic rings. The van der Waals surface area contributed by atoms with E-state index in [1.54, 1.807) is 6.07 Å². The second-order valence-electron chi connectivity index (χ2n) is 5.67. The Morgan fingerprint density at radius 3 is 2.77 bits per heavy atom. The summed E-state index contributed by atoms with van der Waals surface area (Å²) in [5, 5.41) is 0.160. The van der Waals surface area contributed by atoms with Crippen LogP contribution in [-0.2, 0) is 6.18 Å². The van der Waals surface area contributed by atoms with E-state index in [4.69, 9.17) is 4.74 Å². The zero-order chi connectivity index (χ0) is 18.3. The molecule has 0 bridgehead atoms. The van der Waals surface area contributed by atoms with E-state index in [1.807, 2.05) is 0 Å². The molecule has 2 aromatic heterocycles. The van der Waals surface area contributed by atoms with E-state index < -0.39 is 11.7 Å². The molecule has 0 unspecified atom stereocenters. The number of halogens is 3. The van der Waals surface area contributed by atoms with Gasteiger partial charge in [0.1, 0.15) is 11.8 Å². The Hall–Kier alpha value is -2.75. The summed E-state index contributed by atoms with van der Waals surface area (Å²) in [5.41, 5.74) is -0.665. The van der Waals surface area contributed by atoms with Crippen LogP contribution in [0, 0.1) is 0 Å². The fraction of sp³-hybridized carbons (Fsp3) is 0.250. The summed E-state index contributed by atoms with van der Waals surface area (Å²) in [7, 11) is 0. The Balaban J connectivity index is 1.44. The van der Waals surface area contributed by atoms with Gasteiger partial charge in [0.2, 0.25) is 0 Å². The zero-order valence-corrected chi connectivity index (χ0v) is 13.9. The number of hydrogen-bond donors (Lipinski definition) is 0. The number of hydrogen-bond acceptors (Lipinski definition) is 6. The molecule has 0 aliphatic carbocycles. The molecule has 6 nitrogen and oxygen atoms in total. The Bertz CT molecular complexity index is 955. The highest BCUT2D eigenvalue weighted by Crippen LogP contribution is 2.38. The third kappa shape index (κ3) is 3.07. The van der Waals surface area contributed by atoms with Gasteiger partial charge in [-0.15, -0.1) is 0 Å². The highest BCUT2D eigenvalue weighted by Gasteiger charge is 2.36. The van der Waals surface area contributed by atoms with Gasteiger partial charge in [0.05, 0.1) is 35.1 Å². The second kappa shape index (κ2) is 6.20. The molecule has 10 heteroatoms. The van der Waals surface area contributed by atoms with Gasteiger partial charge >= 0.3 is 6.18 Å². The Labute approximate surface area is 149 Å². The first-order chi connectivity index (χ1) is 12.4. The average molecular weight is 380 g/mol. The van der Waals surface area contributed by atoms with E-state index in [0.29, 0.717) is 17.8 Å². The number of alkyl halides is 3. The summed E-state index contributed by atoms with van der Waals surface area (Å²) in [6.07, 6.45) is -0.503. The number of likely N-dealkylation sites (tertiary alicyclic amines) is 1. The summed E-state index contributed by atoms with van der Waals surface area (Å²) in [4.78, 5) is 25.4. The third-order valence-corrected chi connectivity index (χ3v) is 4.80. The standard InChI is InChI=1S/C16H11F3N4O2S/c17-16(18,19)10-2-1-3-12-13(10)22-15(26-12)25-9-7-23(8-9)14(24)11-6-20-4-5-21-11/h1-6,9H,7-8H2. The number of carbonyl (C=O) groups excluding carboxylic acids is 1. The molecule has 0 saturated carbocycles. The molecular weight excluding hydrogens is 369 g/mol. The van der Waals surface area contributed by atoms with Crippen molar-refractivity contribution in [2.45, 2.75) is 12.3 Å². The SMILES string of the molecule is O=C(c1cnccn1)N1CC(Oc2nc3c(C(F)(F)F)cccc3s2)C1. The Morgan fingerprint density at radius 1 is 1.27 bits per heavy atom. The molecule has 0 atom stereocenters.